The first kappa shape index (κ1) is 22.7. The van der Waals surface area contributed by atoms with Gasteiger partial charge in [0.05, 0.1) is 11.1 Å². The van der Waals surface area contributed by atoms with Crippen LogP contribution in [0.25, 0.3) is 0 Å². The molecule has 0 amide bonds. The molecule has 0 heterocycles. The Morgan fingerprint density at radius 2 is 1.93 bits per heavy atom. The quantitative estimate of drug-likeness (QED) is 0.389. The van der Waals surface area contributed by atoms with Gasteiger partial charge in [0.15, 0.2) is 5.11 Å². The molecule has 2 aromatic rings. The lowest BCUT2D eigenvalue weighted by Gasteiger charge is -2.15. The molecular weight excluding hydrogens is 422 g/mol. The van der Waals surface area contributed by atoms with E-state index in [0.717, 1.165) is 9.87 Å². The van der Waals surface area contributed by atoms with Gasteiger partial charge in [-0.1, -0.05) is 18.2 Å². The van der Waals surface area contributed by atoms with Crippen molar-refractivity contribution in [2.75, 3.05) is 19.4 Å². The Kier molecular flexibility index (Phi) is 7.59. The van der Waals surface area contributed by atoms with Gasteiger partial charge in [0.25, 0.3) is 0 Å². The molecule has 0 fully saturated rings. The molecule has 7 nitrogen and oxygen atoms in total. The number of hydrogen-bond donors (Lipinski definition) is 2. The van der Waals surface area contributed by atoms with E-state index in [2.05, 4.69) is 20.6 Å². The lowest BCUT2D eigenvalue weighted by atomic mass is 10.2. The number of anilines is 1. The molecule has 0 aliphatic rings. The van der Waals surface area contributed by atoms with Gasteiger partial charge < -0.3 is 10.1 Å². The monoisotopic (exact) mass is 442 g/mol. The van der Waals surface area contributed by atoms with Gasteiger partial charge in [-0.2, -0.15) is 13.9 Å². The van der Waals surface area contributed by atoms with E-state index < -0.39 is 16.6 Å². The molecule has 0 aliphatic heterocycles. The number of halogens is 2. The minimum atomic E-state index is -3.59. The number of alkyl halides is 2. The predicted molar refractivity (Wildman–Crippen MR) is 112 cm³/mol. The zero-order valence-corrected chi connectivity index (χ0v) is 17.5. The van der Waals surface area contributed by atoms with Crippen LogP contribution in [0.2, 0.25) is 0 Å². The van der Waals surface area contributed by atoms with Crippen LogP contribution < -0.4 is 15.5 Å². The maximum atomic E-state index is 12.4. The van der Waals surface area contributed by atoms with E-state index in [1.165, 1.54) is 38.5 Å². The summed E-state index contributed by atoms with van der Waals surface area (Å²) in [5, 5.41) is 6.87. The number of thiocarbonyl (C=S) groups is 1. The van der Waals surface area contributed by atoms with Crippen LogP contribution >= 0.6 is 12.2 Å². The van der Waals surface area contributed by atoms with Crippen LogP contribution in [-0.4, -0.2) is 44.8 Å². The zero-order valence-electron chi connectivity index (χ0n) is 15.9. The highest BCUT2D eigenvalue weighted by Gasteiger charge is 2.18. The normalized spacial score (nSPS) is 11.8. The molecule has 0 aliphatic carbocycles. The maximum Gasteiger partial charge on any atom is 0.387 e. The second-order valence-electron chi connectivity index (χ2n) is 6.00. The number of benzene rings is 2. The molecule has 0 radical (unpaired) electrons. The summed E-state index contributed by atoms with van der Waals surface area (Å²) >= 11 is 5.16. The molecule has 2 aromatic carbocycles. The number of nitrogens with one attached hydrogen (secondary N) is 2. The van der Waals surface area contributed by atoms with Crippen molar-refractivity contribution in [2.24, 2.45) is 5.10 Å². The minimum absolute atomic E-state index is 0.0237. The Bertz CT molecular complexity index is 1010. The Morgan fingerprint density at radius 1 is 1.24 bits per heavy atom. The van der Waals surface area contributed by atoms with Crippen molar-refractivity contribution in [3.8, 4) is 5.75 Å². The number of ether oxygens (including phenoxy) is 1. The summed E-state index contributed by atoms with van der Waals surface area (Å²) in [6, 6.07) is 10.8. The fraction of sp³-hybridized carbons (Fsp3) is 0.222. The van der Waals surface area contributed by atoms with Gasteiger partial charge in [-0.25, -0.2) is 12.7 Å². The van der Waals surface area contributed by atoms with Gasteiger partial charge in [0.1, 0.15) is 5.75 Å². The summed E-state index contributed by atoms with van der Waals surface area (Å²) in [7, 11) is -0.708. The molecule has 0 aromatic heterocycles. The maximum absolute atomic E-state index is 12.4. The number of sulfonamides is 1. The third-order valence-electron chi connectivity index (χ3n) is 3.74. The van der Waals surface area contributed by atoms with Crippen LogP contribution in [0.1, 0.15) is 11.1 Å². The van der Waals surface area contributed by atoms with Gasteiger partial charge in [0, 0.05) is 25.3 Å². The molecular formula is C18H20F2N4O3S2. The largest absolute Gasteiger partial charge is 0.434 e. The van der Waals surface area contributed by atoms with Gasteiger partial charge >= 0.3 is 6.61 Å². The third-order valence-corrected chi connectivity index (χ3v) is 5.75. The molecule has 29 heavy (non-hydrogen) atoms. The smallest absolute Gasteiger partial charge is 0.387 e. The Hall–Kier alpha value is -2.63. The van der Waals surface area contributed by atoms with E-state index in [1.54, 1.807) is 31.2 Å². The summed E-state index contributed by atoms with van der Waals surface area (Å²) in [5.74, 6) is -0.0237. The van der Waals surface area contributed by atoms with Crippen molar-refractivity contribution < 1.29 is 21.9 Å². The van der Waals surface area contributed by atoms with E-state index in [4.69, 9.17) is 12.2 Å². The minimum Gasteiger partial charge on any atom is -0.434 e. The zero-order chi connectivity index (χ0) is 21.6. The van der Waals surface area contributed by atoms with Gasteiger partial charge in [-0.05, 0) is 49.0 Å². The third kappa shape index (κ3) is 6.17. The van der Waals surface area contributed by atoms with Gasteiger partial charge in [0.2, 0.25) is 10.0 Å². The standard InChI is InChI=1S/C18H20F2N4O3S2/c1-12-8-9-14(29(25,26)24(2)3)10-15(12)22-18(28)23-21-11-13-6-4-5-7-16(13)27-17(19)20/h4-11,17H,1-3H3,(H2,22,23,28)/b21-11+. The molecule has 0 spiro atoms. The number of hydrogen-bond acceptors (Lipinski definition) is 5. The molecule has 0 atom stereocenters. The van der Waals surface area contributed by atoms with Crippen molar-refractivity contribution in [3.05, 3.63) is 53.6 Å². The summed E-state index contributed by atoms with van der Waals surface area (Å²) in [6.07, 6.45) is 1.28. The average molecular weight is 443 g/mol. The summed E-state index contributed by atoms with van der Waals surface area (Å²) < 4.78 is 55.0. The van der Waals surface area contributed by atoms with E-state index in [0.29, 0.717) is 11.3 Å². The summed E-state index contributed by atoms with van der Waals surface area (Å²) in [6.45, 7) is -1.16. The topological polar surface area (TPSA) is 83.0 Å². The molecule has 11 heteroatoms. The average Bonchev–Trinajstić information content (AvgIpc) is 2.64. The van der Waals surface area contributed by atoms with Crippen molar-refractivity contribution in [3.63, 3.8) is 0 Å². The summed E-state index contributed by atoms with van der Waals surface area (Å²) in [4.78, 5) is 0.111. The van der Waals surface area contributed by atoms with Crippen LogP contribution in [-0.2, 0) is 10.0 Å². The number of aryl methyl sites for hydroxylation is 1. The van der Waals surface area contributed by atoms with Crippen LogP contribution in [0.3, 0.4) is 0 Å². The predicted octanol–water partition coefficient (Wildman–Crippen LogP) is 3.17. The number of nitrogens with zero attached hydrogens (tertiary/aromatic N) is 2. The molecule has 0 saturated carbocycles. The number of rotatable bonds is 7. The van der Waals surface area contributed by atoms with E-state index in [-0.39, 0.29) is 15.8 Å². The lowest BCUT2D eigenvalue weighted by molar-refractivity contribution is -0.0499. The highest BCUT2D eigenvalue weighted by Crippen LogP contribution is 2.22. The van der Waals surface area contributed by atoms with E-state index in [9.17, 15) is 17.2 Å². The highest BCUT2D eigenvalue weighted by molar-refractivity contribution is 7.89. The van der Waals surface area contributed by atoms with Crippen LogP contribution in [0, 0.1) is 6.92 Å². The number of para-hydroxylation sites is 1. The molecule has 2 rings (SSSR count). The van der Waals surface area contributed by atoms with E-state index >= 15 is 0 Å². The molecule has 2 N–H and O–H groups in total. The Balaban J connectivity index is 2.10. The molecule has 0 unspecified atom stereocenters. The van der Waals surface area contributed by atoms with Crippen molar-refractivity contribution in [1.29, 1.82) is 0 Å². The fourth-order valence-corrected chi connectivity index (χ4v) is 3.30. The fourth-order valence-electron chi connectivity index (χ4n) is 2.21. The van der Waals surface area contributed by atoms with Crippen molar-refractivity contribution in [2.45, 2.75) is 18.4 Å². The first-order valence-corrected chi connectivity index (χ1v) is 10.1. The lowest BCUT2D eigenvalue weighted by Crippen LogP contribution is -2.25. The Morgan fingerprint density at radius 3 is 2.59 bits per heavy atom. The van der Waals surface area contributed by atoms with E-state index in [1.807, 2.05) is 0 Å². The summed E-state index contributed by atoms with van der Waals surface area (Å²) in [5.41, 5.74) is 4.14. The van der Waals surface area contributed by atoms with Crippen LogP contribution in [0.4, 0.5) is 14.5 Å². The second-order valence-corrected chi connectivity index (χ2v) is 8.56. The SMILES string of the molecule is Cc1ccc(S(=O)(=O)N(C)C)cc1NC(=S)N/N=C/c1ccccc1OC(F)F. The van der Waals surface area contributed by atoms with Crippen LogP contribution in [0.5, 0.6) is 5.75 Å². The number of hydrazone groups is 1. The highest BCUT2D eigenvalue weighted by atomic mass is 32.2. The molecule has 0 saturated heterocycles. The molecule has 0 bridgehead atoms. The van der Waals surface area contributed by atoms with Crippen molar-refractivity contribution in [1.82, 2.24) is 9.73 Å². The second kappa shape index (κ2) is 9.72. The van der Waals surface area contributed by atoms with Crippen molar-refractivity contribution >= 4 is 39.3 Å². The van der Waals surface area contributed by atoms with Gasteiger partial charge in [-0.15, -0.1) is 0 Å². The van der Waals surface area contributed by atoms with Gasteiger partial charge in [-0.3, -0.25) is 5.43 Å². The Labute approximate surface area is 173 Å². The van der Waals surface area contributed by atoms with Crippen LogP contribution in [0.15, 0.2) is 52.5 Å². The first-order valence-electron chi connectivity index (χ1n) is 8.28. The molecule has 156 valence electrons. The first-order chi connectivity index (χ1) is 13.6.